The molecule has 3 aliphatic rings. The fourth-order valence-corrected chi connectivity index (χ4v) is 7.09. The minimum absolute atomic E-state index is 0.0711. The maximum Gasteiger partial charge on any atom is 0.254 e. The number of hydrogen-bond acceptors (Lipinski definition) is 8. The maximum absolute atomic E-state index is 14.3. The largest absolute Gasteiger partial charge is 0.475 e. The molecular weight excluding hydrogens is 546 g/mol. The number of rotatable bonds is 6. The summed E-state index contributed by atoms with van der Waals surface area (Å²) in [6, 6.07) is 16.6. The van der Waals surface area contributed by atoms with Crippen LogP contribution in [0.15, 0.2) is 53.4 Å². The van der Waals surface area contributed by atoms with Crippen molar-refractivity contribution in [1.29, 1.82) is 0 Å². The first-order chi connectivity index (χ1) is 20.3. The number of carbonyl (C=O) groups excluding carboxylic acids is 1. The number of aromatic nitrogens is 2. The Bertz CT molecular complexity index is 1420. The van der Waals surface area contributed by atoms with Crippen molar-refractivity contribution in [2.24, 2.45) is 5.92 Å². The van der Waals surface area contributed by atoms with Gasteiger partial charge in [0.15, 0.2) is 0 Å². The van der Waals surface area contributed by atoms with Crippen LogP contribution in [0.1, 0.15) is 54.6 Å². The molecule has 0 spiro atoms. The van der Waals surface area contributed by atoms with Gasteiger partial charge in [0.2, 0.25) is 11.8 Å². The molecule has 1 saturated heterocycles. The molecule has 1 amide bonds. The Morgan fingerprint density at radius 1 is 1.05 bits per heavy atom. The van der Waals surface area contributed by atoms with Gasteiger partial charge in [0, 0.05) is 54.4 Å². The predicted octanol–water partition coefficient (Wildman–Crippen LogP) is 5.99. The zero-order chi connectivity index (χ0) is 29.4. The summed E-state index contributed by atoms with van der Waals surface area (Å²) >= 11 is 1.41. The number of methoxy groups -OCH3 is 1. The second kappa shape index (κ2) is 12.2. The molecule has 2 aromatic carbocycles. The topological polar surface area (TPSA) is 79.8 Å². The highest BCUT2D eigenvalue weighted by Gasteiger charge is 2.45. The number of carbonyl (C=O) groups is 1. The van der Waals surface area contributed by atoms with Crippen molar-refractivity contribution in [3.63, 3.8) is 0 Å². The van der Waals surface area contributed by atoms with Gasteiger partial charge in [-0.15, -0.1) is 0 Å². The Labute approximate surface area is 253 Å². The average molecular weight is 588 g/mol. The molecule has 1 unspecified atom stereocenters. The molecule has 42 heavy (non-hydrogen) atoms. The fourth-order valence-electron chi connectivity index (χ4n) is 6.46. The van der Waals surface area contributed by atoms with Crippen LogP contribution in [0.25, 0.3) is 11.3 Å². The van der Waals surface area contributed by atoms with Gasteiger partial charge in [-0.25, -0.2) is 4.98 Å². The monoisotopic (exact) mass is 587 g/mol. The van der Waals surface area contributed by atoms with Crippen molar-refractivity contribution in [2.45, 2.75) is 76.1 Å². The second-order valence-electron chi connectivity index (χ2n) is 12.3. The quantitative estimate of drug-likeness (QED) is 0.353. The van der Waals surface area contributed by atoms with E-state index in [0.717, 1.165) is 59.6 Å². The summed E-state index contributed by atoms with van der Waals surface area (Å²) in [5, 5.41) is 0. The van der Waals surface area contributed by atoms with Gasteiger partial charge in [-0.1, -0.05) is 38.1 Å². The van der Waals surface area contributed by atoms with Gasteiger partial charge in [0.05, 0.1) is 17.8 Å². The number of hydrogen-bond donors (Lipinski definition) is 1. The molecule has 6 rings (SSSR count). The molecule has 1 aromatic heterocycles. The number of nitrogens with zero attached hydrogens (tertiary/aromatic N) is 4. The van der Waals surface area contributed by atoms with E-state index in [9.17, 15) is 4.79 Å². The van der Waals surface area contributed by atoms with Crippen molar-refractivity contribution < 1.29 is 14.3 Å². The summed E-state index contributed by atoms with van der Waals surface area (Å²) in [5.41, 5.74) is 4.91. The molecule has 1 atom stereocenters. The zero-order valence-corrected chi connectivity index (χ0v) is 26.0. The van der Waals surface area contributed by atoms with Crippen molar-refractivity contribution in [3.8, 4) is 17.1 Å². The van der Waals surface area contributed by atoms with E-state index in [4.69, 9.17) is 19.4 Å². The number of nitrogens with one attached hydrogen (secondary N) is 1. The molecule has 3 aromatic rings. The summed E-state index contributed by atoms with van der Waals surface area (Å²) in [6.07, 6.45) is 3.12. The summed E-state index contributed by atoms with van der Waals surface area (Å²) in [6.45, 7) is 10.9. The molecular formula is C33H41N5O3S. The third-order valence-corrected chi connectivity index (χ3v) is 9.56. The molecule has 0 radical (unpaired) electrons. The fraction of sp³-hybridized carbons (Fsp3) is 0.485. The highest BCUT2D eigenvalue weighted by molar-refractivity contribution is 8.00. The summed E-state index contributed by atoms with van der Waals surface area (Å²) in [4.78, 5) is 29.4. The number of anilines is 1. The normalized spacial score (nSPS) is 23.1. The Balaban J connectivity index is 1.34. The highest BCUT2D eigenvalue weighted by atomic mass is 32.2. The zero-order valence-electron chi connectivity index (χ0n) is 25.2. The summed E-state index contributed by atoms with van der Waals surface area (Å²) in [7, 11) is 1.78. The minimum atomic E-state index is -0.0846. The molecule has 4 bridgehead atoms. The van der Waals surface area contributed by atoms with Crippen molar-refractivity contribution in [3.05, 3.63) is 65.2 Å². The van der Waals surface area contributed by atoms with Crippen molar-refractivity contribution in [2.75, 3.05) is 31.5 Å². The van der Waals surface area contributed by atoms with Gasteiger partial charge in [-0.05, 0) is 80.3 Å². The molecule has 8 nitrogen and oxygen atoms in total. The lowest BCUT2D eigenvalue weighted by Crippen LogP contribution is -2.64. The van der Waals surface area contributed by atoms with E-state index in [-0.39, 0.29) is 18.0 Å². The smallest absolute Gasteiger partial charge is 0.254 e. The van der Waals surface area contributed by atoms with Gasteiger partial charge in [0.25, 0.3) is 5.91 Å². The Kier molecular flexibility index (Phi) is 8.43. The Hall–Kier alpha value is -3.14. The van der Waals surface area contributed by atoms with Crippen LogP contribution in [-0.2, 0) is 4.74 Å². The molecule has 9 heteroatoms. The van der Waals surface area contributed by atoms with Gasteiger partial charge in [-0.2, -0.15) is 4.98 Å². The van der Waals surface area contributed by atoms with Crippen LogP contribution in [-0.4, -0.2) is 76.7 Å². The van der Waals surface area contributed by atoms with E-state index in [1.807, 2.05) is 30.3 Å². The lowest BCUT2D eigenvalue weighted by atomic mass is 9.81. The molecule has 3 heterocycles. The van der Waals surface area contributed by atoms with E-state index in [0.29, 0.717) is 42.1 Å². The average Bonchev–Trinajstić information content (AvgIpc) is 2.92. The minimum Gasteiger partial charge on any atom is -0.475 e. The lowest BCUT2D eigenvalue weighted by molar-refractivity contribution is -0.0858. The number of aryl methyl sites for hydroxylation is 2. The standard InChI is InChI=1S/C33H41N5O3S/c1-20(2)12-26-19-41-30-16-29(31-21(3)8-6-9-22(31)4)34-33(35-30)36-42-28-11-7-10-23(13-28)32(39)38(26)25-14-24(15-25)37-17-27(18-37)40-5/h6-11,13,16,20,24-27H,12,14-15,17-19H2,1-5H3,(H,34,35,36). The molecule has 1 saturated carbocycles. The summed E-state index contributed by atoms with van der Waals surface area (Å²) < 4.78 is 15.3. The first-order valence-corrected chi connectivity index (χ1v) is 15.8. The van der Waals surface area contributed by atoms with E-state index < -0.39 is 0 Å². The Morgan fingerprint density at radius 2 is 1.79 bits per heavy atom. The van der Waals surface area contributed by atoms with E-state index in [1.54, 1.807) is 7.11 Å². The van der Waals surface area contributed by atoms with Gasteiger partial charge >= 0.3 is 0 Å². The number of fused-ring (bicyclic) bond motifs is 4. The maximum atomic E-state index is 14.3. The lowest BCUT2D eigenvalue weighted by Gasteiger charge is -2.53. The number of likely N-dealkylation sites (tertiary alicyclic amines) is 1. The third-order valence-electron chi connectivity index (χ3n) is 8.78. The molecule has 1 aliphatic carbocycles. The second-order valence-corrected chi connectivity index (χ2v) is 13.2. The number of benzene rings is 2. The van der Waals surface area contributed by atoms with E-state index in [1.165, 1.54) is 11.9 Å². The SMILES string of the molecule is COC1CN(C2CC(N3C(=O)c4cccc(c4)SNc4nc(cc(-c5c(C)cccc5C)n4)OCC3CC(C)C)C2)C1. The van der Waals surface area contributed by atoms with Crippen LogP contribution < -0.4 is 9.46 Å². The van der Waals surface area contributed by atoms with Crippen LogP contribution >= 0.6 is 11.9 Å². The third kappa shape index (κ3) is 6.00. The molecule has 222 valence electrons. The summed E-state index contributed by atoms with van der Waals surface area (Å²) in [5.74, 6) is 1.46. The van der Waals surface area contributed by atoms with Crippen LogP contribution in [0, 0.1) is 19.8 Å². The van der Waals surface area contributed by atoms with Gasteiger partial charge < -0.3 is 14.4 Å². The van der Waals surface area contributed by atoms with Crippen molar-refractivity contribution >= 4 is 23.8 Å². The first-order valence-electron chi connectivity index (χ1n) is 15.0. The van der Waals surface area contributed by atoms with Crippen molar-refractivity contribution in [1.82, 2.24) is 19.8 Å². The van der Waals surface area contributed by atoms with Crippen LogP contribution in [0.3, 0.4) is 0 Å². The van der Waals surface area contributed by atoms with Crippen LogP contribution in [0.5, 0.6) is 5.88 Å². The first kappa shape index (κ1) is 29.0. The molecule has 1 N–H and O–H groups in total. The van der Waals surface area contributed by atoms with E-state index >= 15 is 0 Å². The van der Waals surface area contributed by atoms with Gasteiger partial charge in [-0.3, -0.25) is 14.4 Å². The highest BCUT2D eigenvalue weighted by Crippen LogP contribution is 2.37. The Morgan fingerprint density at radius 3 is 2.50 bits per heavy atom. The molecule has 2 fully saturated rings. The van der Waals surface area contributed by atoms with Crippen LogP contribution in [0.2, 0.25) is 0 Å². The number of ether oxygens (including phenoxy) is 2. The van der Waals surface area contributed by atoms with Crippen LogP contribution in [0.4, 0.5) is 5.95 Å². The van der Waals surface area contributed by atoms with E-state index in [2.05, 4.69) is 60.4 Å². The van der Waals surface area contributed by atoms with Gasteiger partial charge in [0.1, 0.15) is 6.61 Å². The molecule has 2 aliphatic heterocycles. The number of amides is 1. The predicted molar refractivity (Wildman–Crippen MR) is 167 cm³/mol.